The first-order valence-corrected chi connectivity index (χ1v) is 6.16. The highest BCUT2D eigenvalue weighted by Crippen LogP contribution is 2.32. The number of hydrogen-bond donors (Lipinski definition) is 1. The first kappa shape index (κ1) is 11.0. The largest absolute Gasteiger partial charge is 0.324 e. The molecule has 2 nitrogen and oxygen atoms in total. The van der Waals surface area contributed by atoms with Crippen molar-refractivity contribution in [3.05, 3.63) is 0 Å². The molecular weight excluding hydrogens is 184 g/mol. The lowest BCUT2D eigenvalue weighted by molar-refractivity contribution is 0.223. The predicted molar refractivity (Wildman–Crippen MR) is 63.4 cm³/mol. The van der Waals surface area contributed by atoms with Crippen LogP contribution < -0.4 is 5.73 Å². The summed E-state index contributed by atoms with van der Waals surface area (Å²) in [5, 5.41) is 0. The van der Waals surface area contributed by atoms with Gasteiger partial charge in [0.15, 0.2) is 0 Å². The molecule has 0 bridgehead atoms. The zero-order valence-corrected chi connectivity index (χ0v) is 9.54. The van der Waals surface area contributed by atoms with Gasteiger partial charge in [0.2, 0.25) is 0 Å². The molecule has 0 aromatic heterocycles. The third-order valence-electron chi connectivity index (χ3n) is 3.67. The molecule has 2 rings (SSSR count). The molecule has 0 atom stereocenters. The van der Waals surface area contributed by atoms with Crippen LogP contribution >= 0.6 is 0 Å². The summed E-state index contributed by atoms with van der Waals surface area (Å²) in [6, 6.07) is 0. The zero-order chi connectivity index (χ0) is 10.7. The Hall–Kier alpha value is -0.520. The van der Waals surface area contributed by atoms with Crippen LogP contribution in [0.3, 0.4) is 0 Å². The van der Waals surface area contributed by atoms with Crippen molar-refractivity contribution in [2.75, 3.05) is 19.6 Å². The summed E-state index contributed by atoms with van der Waals surface area (Å²) < 4.78 is 0. The fraction of sp³-hybridized carbons (Fsp3) is 0.846. The fourth-order valence-electron chi connectivity index (χ4n) is 2.66. The van der Waals surface area contributed by atoms with E-state index < -0.39 is 0 Å². The molecule has 84 valence electrons. The van der Waals surface area contributed by atoms with Crippen LogP contribution in [-0.2, 0) is 0 Å². The van der Waals surface area contributed by atoms with E-state index in [2.05, 4.69) is 10.8 Å². The average Bonchev–Trinajstić information content (AvgIpc) is 2.89. The van der Waals surface area contributed by atoms with Crippen molar-refractivity contribution in [3.63, 3.8) is 0 Å². The van der Waals surface area contributed by atoms with Crippen molar-refractivity contribution in [2.24, 2.45) is 11.7 Å². The first-order valence-electron chi connectivity index (χ1n) is 6.16. The molecule has 0 spiro atoms. The van der Waals surface area contributed by atoms with Gasteiger partial charge in [-0.25, -0.2) is 0 Å². The van der Waals surface area contributed by atoms with Crippen LogP contribution in [0.15, 0.2) is 0 Å². The van der Waals surface area contributed by atoms with E-state index in [9.17, 15) is 0 Å². The molecule has 2 heteroatoms. The first-order chi connectivity index (χ1) is 7.22. The smallest absolute Gasteiger partial charge is 0.0599 e. The summed E-state index contributed by atoms with van der Waals surface area (Å²) in [5.74, 6) is 3.67. The number of terminal acetylenes is 1. The van der Waals surface area contributed by atoms with Gasteiger partial charge in [0, 0.05) is 18.6 Å². The van der Waals surface area contributed by atoms with Crippen molar-refractivity contribution >= 4 is 0 Å². The topological polar surface area (TPSA) is 29.3 Å². The van der Waals surface area contributed by atoms with Gasteiger partial charge in [0.05, 0.1) is 6.54 Å². The lowest BCUT2D eigenvalue weighted by Crippen LogP contribution is -2.48. The SMILES string of the molecule is C#CCN(CC1CC1)CC1(N)CCCC1. The molecule has 0 saturated heterocycles. The maximum atomic E-state index is 6.38. The minimum absolute atomic E-state index is 0.0613. The molecule has 0 aromatic carbocycles. The van der Waals surface area contributed by atoms with E-state index in [0.717, 1.165) is 19.0 Å². The molecule has 0 amide bonds. The Kier molecular flexibility index (Phi) is 3.33. The second-order valence-corrected chi connectivity index (χ2v) is 5.39. The summed E-state index contributed by atoms with van der Waals surface area (Å²) >= 11 is 0. The monoisotopic (exact) mass is 206 g/mol. The summed E-state index contributed by atoms with van der Waals surface area (Å²) in [4.78, 5) is 2.39. The van der Waals surface area contributed by atoms with E-state index in [1.54, 1.807) is 0 Å². The molecule has 2 N–H and O–H groups in total. The Balaban J connectivity index is 1.84. The summed E-state index contributed by atoms with van der Waals surface area (Å²) in [6.45, 7) is 2.95. The van der Waals surface area contributed by atoms with Crippen LogP contribution in [-0.4, -0.2) is 30.1 Å². The van der Waals surface area contributed by atoms with Crippen molar-refractivity contribution in [3.8, 4) is 12.3 Å². The van der Waals surface area contributed by atoms with Crippen LogP contribution in [0.2, 0.25) is 0 Å². The van der Waals surface area contributed by atoms with Crippen LogP contribution in [0.5, 0.6) is 0 Å². The highest BCUT2D eigenvalue weighted by atomic mass is 15.1. The van der Waals surface area contributed by atoms with Crippen LogP contribution in [0.1, 0.15) is 38.5 Å². The quantitative estimate of drug-likeness (QED) is 0.692. The van der Waals surface area contributed by atoms with E-state index in [0.29, 0.717) is 0 Å². The van der Waals surface area contributed by atoms with E-state index in [4.69, 9.17) is 12.2 Å². The average molecular weight is 206 g/mol. The van der Waals surface area contributed by atoms with Gasteiger partial charge in [-0.15, -0.1) is 6.42 Å². The molecule has 0 aromatic rings. The second kappa shape index (κ2) is 4.55. The number of nitrogens with two attached hydrogens (primary N) is 1. The minimum atomic E-state index is 0.0613. The maximum Gasteiger partial charge on any atom is 0.0599 e. The van der Waals surface area contributed by atoms with Gasteiger partial charge in [0.1, 0.15) is 0 Å². The normalized spacial score (nSPS) is 24.3. The highest BCUT2D eigenvalue weighted by molar-refractivity contribution is 4.97. The molecule has 0 radical (unpaired) electrons. The maximum absolute atomic E-state index is 6.38. The van der Waals surface area contributed by atoms with Gasteiger partial charge >= 0.3 is 0 Å². The summed E-state index contributed by atoms with van der Waals surface area (Å²) in [7, 11) is 0. The Morgan fingerprint density at radius 2 is 2.00 bits per heavy atom. The summed E-state index contributed by atoms with van der Waals surface area (Å²) in [5.41, 5.74) is 6.44. The van der Waals surface area contributed by atoms with E-state index in [-0.39, 0.29) is 5.54 Å². The molecule has 2 aliphatic carbocycles. The molecule has 2 fully saturated rings. The standard InChI is InChI=1S/C13H22N2/c1-2-9-15(10-12-5-6-12)11-13(14)7-3-4-8-13/h1,12H,3-11,14H2. The second-order valence-electron chi connectivity index (χ2n) is 5.39. The molecule has 15 heavy (non-hydrogen) atoms. The fourth-order valence-corrected chi connectivity index (χ4v) is 2.66. The Labute approximate surface area is 93.2 Å². The molecule has 0 aliphatic heterocycles. The van der Waals surface area contributed by atoms with Gasteiger partial charge in [-0.05, 0) is 31.6 Å². The summed E-state index contributed by atoms with van der Waals surface area (Å²) in [6.07, 6.45) is 13.1. The lowest BCUT2D eigenvalue weighted by Gasteiger charge is -2.31. The lowest BCUT2D eigenvalue weighted by atomic mass is 9.98. The highest BCUT2D eigenvalue weighted by Gasteiger charge is 2.33. The van der Waals surface area contributed by atoms with Gasteiger partial charge in [0.25, 0.3) is 0 Å². The molecule has 0 unspecified atom stereocenters. The Morgan fingerprint density at radius 3 is 2.53 bits per heavy atom. The Morgan fingerprint density at radius 1 is 1.33 bits per heavy atom. The van der Waals surface area contributed by atoms with E-state index >= 15 is 0 Å². The Bertz CT molecular complexity index is 244. The third kappa shape index (κ3) is 3.22. The van der Waals surface area contributed by atoms with Gasteiger partial charge in [-0.2, -0.15) is 0 Å². The molecule has 2 saturated carbocycles. The van der Waals surface area contributed by atoms with Gasteiger partial charge in [-0.3, -0.25) is 4.90 Å². The predicted octanol–water partition coefficient (Wildman–Crippen LogP) is 1.60. The van der Waals surface area contributed by atoms with Crippen molar-refractivity contribution in [1.29, 1.82) is 0 Å². The van der Waals surface area contributed by atoms with E-state index in [1.165, 1.54) is 45.1 Å². The van der Waals surface area contributed by atoms with E-state index in [1.807, 2.05) is 0 Å². The third-order valence-corrected chi connectivity index (χ3v) is 3.67. The molecule has 0 heterocycles. The number of nitrogens with zero attached hydrogens (tertiary/aromatic N) is 1. The number of rotatable bonds is 5. The van der Waals surface area contributed by atoms with Crippen molar-refractivity contribution in [1.82, 2.24) is 4.90 Å². The van der Waals surface area contributed by atoms with Crippen LogP contribution in [0.4, 0.5) is 0 Å². The van der Waals surface area contributed by atoms with Crippen LogP contribution in [0.25, 0.3) is 0 Å². The van der Waals surface area contributed by atoms with Crippen LogP contribution in [0, 0.1) is 18.3 Å². The van der Waals surface area contributed by atoms with Crippen molar-refractivity contribution in [2.45, 2.75) is 44.1 Å². The minimum Gasteiger partial charge on any atom is -0.324 e. The molecular formula is C13H22N2. The number of hydrogen-bond acceptors (Lipinski definition) is 2. The van der Waals surface area contributed by atoms with Gasteiger partial charge in [-0.1, -0.05) is 18.8 Å². The van der Waals surface area contributed by atoms with Gasteiger partial charge < -0.3 is 5.73 Å². The zero-order valence-electron chi connectivity index (χ0n) is 9.54. The molecule has 2 aliphatic rings. The van der Waals surface area contributed by atoms with Crippen molar-refractivity contribution < 1.29 is 0 Å².